The zero-order valence-corrected chi connectivity index (χ0v) is 9.57. The molecule has 1 aromatic rings. The highest BCUT2D eigenvalue weighted by molar-refractivity contribution is 7.91. The van der Waals surface area contributed by atoms with Crippen LogP contribution >= 0.6 is 11.3 Å². The van der Waals surface area contributed by atoms with Crippen LogP contribution in [0, 0.1) is 5.92 Å². The first kappa shape index (κ1) is 10.1. The quantitative estimate of drug-likeness (QED) is 0.859. The highest BCUT2D eigenvalue weighted by Crippen LogP contribution is 2.33. The van der Waals surface area contributed by atoms with Crippen LogP contribution in [0.3, 0.4) is 0 Å². The lowest BCUT2D eigenvalue weighted by Gasteiger charge is -2.11. The summed E-state index contributed by atoms with van der Waals surface area (Å²) in [6, 6.07) is 3.45. The Morgan fingerprint density at radius 2 is 2.29 bits per heavy atom. The minimum atomic E-state index is -3.25. The molecule has 1 aliphatic rings. The molecule has 0 bridgehead atoms. The fraction of sp³-hybridized carbons (Fsp3) is 0.556. The number of hydrogen-bond acceptors (Lipinski definition) is 3. The van der Waals surface area contributed by atoms with Gasteiger partial charge in [-0.1, -0.05) is 6.07 Å². The first-order valence-corrected chi connectivity index (χ1v) is 7.02. The average Bonchev–Trinajstić information content (AvgIpc) is 2.80. The van der Waals surface area contributed by atoms with E-state index in [2.05, 4.69) is 4.72 Å². The van der Waals surface area contributed by atoms with Crippen molar-refractivity contribution in [3.8, 4) is 0 Å². The first-order valence-electron chi connectivity index (χ1n) is 4.65. The van der Waals surface area contributed by atoms with E-state index >= 15 is 0 Å². The van der Waals surface area contributed by atoms with Gasteiger partial charge < -0.3 is 0 Å². The number of thiophene rings is 1. The van der Waals surface area contributed by atoms with Gasteiger partial charge in [0.2, 0.25) is 10.0 Å². The van der Waals surface area contributed by atoms with E-state index in [-0.39, 0.29) is 6.04 Å². The topological polar surface area (TPSA) is 46.2 Å². The molecular weight excluding hydrogens is 218 g/mol. The predicted molar refractivity (Wildman–Crippen MR) is 56.8 cm³/mol. The summed E-state index contributed by atoms with van der Waals surface area (Å²) in [6.07, 6.45) is 2.29. The first-order chi connectivity index (χ1) is 6.59. The number of sulfonamides is 1. The summed E-state index contributed by atoms with van der Waals surface area (Å²) in [5.74, 6) is 0.546. The highest BCUT2D eigenvalue weighted by atomic mass is 32.2. The summed E-state index contributed by atoms with van der Waals surface area (Å²) in [5, 5.41) is 1.77. The van der Waals surface area contributed by atoms with Gasteiger partial charge in [-0.3, -0.25) is 0 Å². The SMILES string of the molecule is C[C@H](NS(=O)(=O)c1cccs1)C1CC1. The Kier molecular flexibility index (Phi) is 2.64. The third-order valence-electron chi connectivity index (χ3n) is 2.43. The zero-order chi connectivity index (χ0) is 10.2. The van der Waals surface area contributed by atoms with E-state index < -0.39 is 10.0 Å². The molecule has 14 heavy (non-hydrogen) atoms. The van der Waals surface area contributed by atoms with Gasteiger partial charge in [-0.2, -0.15) is 0 Å². The molecule has 5 heteroatoms. The largest absolute Gasteiger partial charge is 0.250 e. The zero-order valence-electron chi connectivity index (χ0n) is 7.93. The van der Waals surface area contributed by atoms with Crippen molar-refractivity contribution in [1.29, 1.82) is 0 Å². The Bertz CT molecular complexity index is 392. The molecule has 1 N–H and O–H groups in total. The second kappa shape index (κ2) is 3.64. The van der Waals surface area contributed by atoms with Crippen LogP contribution in [0.25, 0.3) is 0 Å². The fourth-order valence-electron chi connectivity index (χ4n) is 1.41. The molecule has 1 aliphatic carbocycles. The Labute approximate surface area is 88.2 Å². The normalized spacial score (nSPS) is 19.5. The monoisotopic (exact) mass is 231 g/mol. The number of nitrogens with one attached hydrogen (secondary N) is 1. The third kappa shape index (κ3) is 2.16. The molecule has 0 aliphatic heterocycles. The van der Waals surface area contributed by atoms with E-state index in [1.165, 1.54) is 11.3 Å². The van der Waals surface area contributed by atoms with Crippen LogP contribution in [0.15, 0.2) is 21.7 Å². The molecule has 0 aromatic carbocycles. The Hall–Kier alpha value is -0.390. The van der Waals surface area contributed by atoms with Gasteiger partial charge in [-0.15, -0.1) is 11.3 Å². The van der Waals surface area contributed by atoms with Crippen LogP contribution in [-0.2, 0) is 10.0 Å². The molecule has 1 heterocycles. The van der Waals surface area contributed by atoms with E-state index in [9.17, 15) is 8.42 Å². The predicted octanol–water partition coefficient (Wildman–Crippen LogP) is 1.82. The molecule has 1 aromatic heterocycles. The van der Waals surface area contributed by atoms with Crippen molar-refractivity contribution < 1.29 is 8.42 Å². The van der Waals surface area contributed by atoms with Gasteiger partial charge in [0, 0.05) is 6.04 Å². The van der Waals surface area contributed by atoms with Crippen LogP contribution < -0.4 is 4.72 Å². The Balaban J connectivity index is 2.09. The van der Waals surface area contributed by atoms with Crippen LogP contribution in [0.2, 0.25) is 0 Å². The van der Waals surface area contributed by atoms with Gasteiger partial charge in [-0.25, -0.2) is 13.1 Å². The van der Waals surface area contributed by atoms with E-state index in [1.807, 2.05) is 6.92 Å². The second-order valence-corrected chi connectivity index (χ2v) is 6.57. The smallest absolute Gasteiger partial charge is 0.207 e. The molecule has 0 radical (unpaired) electrons. The maximum atomic E-state index is 11.7. The van der Waals surface area contributed by atoms with Gasteiger partial charge in [0.1, 0.15) is 4.21 Å². The van der Waals surface area contributed by atoms with Crippen LogP contribution in [0.1, 0.15) is 19.8 Å². The van der Waals surface area contributed by atoms with Gasteiger partial charge in [0.05, 0.1) is 0 Å². The average molecular weight is 231 g/mol. The van der Waals surface area contributed by atoms with Crippen molar-refractivity contribution in [3.63, 3.8) is 0 Å². The molecule has 1 fully saturated rings. The minimum absolute atomic E-state index is 0.0714. The molecule has 0 spiro atoms. The molecule has 2 rings (SSSR count). The van der Waals surface area contributed by atoms with E-state index in [1.54, 1.807) is 17.5 Å². The van der Waals surface area contributed by atoms with Gasteiger partial charge in [0.25, 0.3) is 0 Å². The minimum Gasteiger partial charge on any atom is -0.207 e. The van der Waals surface area contributed by atoms with E-state index in [0.29, 0.717) is 10.1 Å². The molecular formula is C9H13NO2S2. The molecule has 78 valence electrons. The summed E-state index contributed by atoms with van der Waals surface area (Å²) in [7, 11) is -3.25. The lowest BCUT2D eigenvalue weighted by Crippen LogP contribution is -2.33. The maximum Gasteiger partial charge on any atom is 0.250 e. The molecule has 1 atom stereocenters. The van der Waals surface area contributed by atoms with Crippen molar-refractivity contribution in [2.45, 2.75) is 30.0 Å². The van der Waals surface area contributed by atoms with Crippen LogP contribution in [0.4, 0.5) is 0 Å². The van der Waals surface area contributed by atoms with Crippen molar-refractivity contribution in [2.24, 2.45) is 5.92 Å². The molecule has 0 saturated heterocycles. The van der Waals surface area contributed by atoms with Gasteiger partial charge >= 0.3 is 0 Å². The Morgan fingerprint density at radius 1 is 1.57 bits per heavy atom. The summed E-state index contributed by atoms with van der Waals surface area (Å²) in [5.41, 5.74) is 0. The van der Waals surface area contributed by atoms with Crippen molar-refractivity contribution in [2.75, 3.05) is 0 Å². The van der Waals surface area contributed by atoms with E-state index in [4.69, 9.17) is 0 Å². The third-order valence-corrected chi connectivity index (χ3v) is 5.39. The lowest BCUT2D eigenvalue weighted by molar-refractivity contribution is 0.540. The summed E-state index contributed by atoms with van der Waals surface area (Å²) in [4.78, 5) is 0. The van der Waals surface area contributed by atoms with Gasteiger partial charge in [0.15, 0.2) is 0 Å². The summed E-state index contributed by atoms with van der Waals surface area (Å²) >= 11 is 1.25. The molecule has 3 nitrogen and oxygen atoms in total. The van der Waals surface area contributed by atoms with Crippen molar-refractivity contribution >= 4 is 21.4 Å². The van der Waals surface area contributed by atoms with Gasteiger partial charge in [-0.05, 0) is 37.1 Å². The second-order valence-electron chi connectivity index (χ2n) is 3.68. The van der Waals surface area contributed by atoms with Crippen molar-refractivity contribution in [3.05, 3.63) is 17.5 Å². The standard InChI is InChI=1S/C9H13NO2S2/c1-7(8-4-5-8)10-14(11,12)9-3-2-6-13-9/h2-3,6-8,10H,4-5H2,1H3/t7-/m0/s1. The van der Waals surface area contributed by atoms with E-state index in [0.717, 1.165) is 12.8 Å². The number of rotatable bonds is 4. The van der Waals surface area contributed by atoms with Crippen molar-refractivity contribution in [1.82, 2.24) is 4.72 Å². The highest BCUT2D eigenvalue weighted by Gasteiger charge is 2.31. The molecule has 1 saturated carbocycles. The van der Waals surface area contributed by atoms with Crippen LogP contribution in [-0.4, -0.2) is 14.5 Å². The molecule has 0 amide bonds. The Morgan fingerprint density at radius 3 is 2.79 bits per heavy atom. The lowest BCUT2D eigenvalue weighted by atomic mass is 10.2. The fourth-order valence-corrected chi connectivity index (χ4v) is 3.73. The summed E-state index contributed by atoms with van der Waals surface area (Å²) in [6.45, 7) is 1.93. The maximum absolute atomic E-state index is 11.7. The number of hydrogen-bond donors (Lipinski definition) is 1. The van der Waals surface area contributed by atoms with Crippen LogP contribution in [0.5, 0.6) is 0 Å². The molecule has 0 unspecified atom stereocenters. The summed E-state index contributed by atoms with van der Waals surface area (Å²) < 4.78 is 26.6.